The second kappa shape index (κ2) is 8.94. The first-order chi connectivity index (χ1) is 10.9. The van der Waals surface area contributed by atoms with Gasteiger partial charge in [0.2, 0.25) is 5.91 Å². The second-order valence-corrected chi connectivity index (χ2v) is 4.74. The SMILES string of the molecule is CNC(=O)C(CCC=O)NC(=O)c1cc(F)c(F)cc1COC. The number of nitrogens with one attached hydrogen (secondary N) is 2. The Hall–Kier alpha value is -2.35. The molecule has 23 heavy (non-hydrogen) atoms. The van der Waals surface area contributed by atoms with E-state index in [1.54, 1.807) is 0 Å². The Labute approximate surface area is 132 Å². The van der Waals surface area contributed by atoms with Crippen molar-refractivity contribution in [3.63, 3.8) is 0 Å². The largest absolute Gasteiger partial charge is 0.380 e. The number of amides is 2. The lowest BCUT2D eigenvalue weighted by Crippen LogP contribution is -2.46. The number of hydrogen-bond acceptors (Lipinski definition) is 4. The van der Waals surface area contributed by atoms with Crippen molar-refractivity contribution in [2.75, 3.05) is 14.2 Å². The standard InChI is InChI=1S/C15H18F2N2O4/c1-18-15(22)13(4-3-5-20)19-14(21)10-7-12(17)11(16)6-9(10)8-23-2/h5-7,13H,3-4,8H2,1-2H3,(H,18,22)(H,19,21). The molecule has 0 radical (unpaired) electrons. The fourth-order valence-corrected chi connectivity index (χ4v) is 1.99. The number of carbonyl (C=O) groups is 3. The van der Waals surface area contributed by atoms with Gasteiger partial charge in [-0.3, -0.25) is 9.59 Å². The molecular weight excluding hydrogens is 310 g/mol. The van der Waals surface area contributed by atoms with Gasteiger partial charge >= 0.3 is 0 Å². The van der Waals surface area contributed by atoms with Crippen LogP contribution in [0.25, 0.3) is 0 Å². The molecule has 1 aromatic rings. The Morgan fingerprint density at radius 1 is 1.30 bits per heavy atom. The highest BCUT2D eigenvalue weighted by atomic mass is 19.2. The van der Waals surface area contributed by atoms with E-state index in [-0.39, 0.29) is 30.6 Å². The molecule has 0 fully saturated rings. The van der Waals surface area contributed by atoms with Gasteiger partial charge in [0.1, 0.15) is 12.3 Å². The number of hydrogen-bond donors (Lipinski definition) is 2. The first-order valence-electron chi connectivity index (χ1n) is 6.87. The molecule has 0 aromatic heterocycles. The number of rotatable bonds is 8. The molecule has 0 saturated heterocycles. The Morgan fingerprint density at radius 3 is 2.52 bits per heavy atom. The lowest BCUT2D eigenvalue weighted by molar-refractivity contribution is -0.122. The summed E-state index contributed by atoms with van der Waals surface area (Å²) < 4.78 is 31.6. The van der Waals surface area contributed by atoms with E-state index in [0.29, 0.717) is 6.29 Å². The van der Waals surface area contributed by atoms with E-state index in [4.69, 9.17) is 4.74 Å². The van der Waals surface area contributed by atoms with Gasteiger partial charge in [-0.05, 0) is 24.1 Å². The number of benzene rings is 1. The number of likely N-dealkylation sites (N-methyl/N-ethyl adjacent to an activating group) is 1. The van der Waals surface area contributed by atoms with Gasteiger partial charge in [0.15, 0.2) is 11.6 Å². The van der Waals surface area contributed by atoms with Crippen molar-refractivity contribution >= 4 is 18.1 Å². The van der Waals surface area contributed by atoms with Gasteiger partial charge < -0.3 is 20.2 Å². The lowest BCUT2D eigenvalue weighted by atomic mass is 10.0. The summed E-state index contributed by atoms with van der Waals surface area (Å²) in [6.45, 7) is -0.0983. The highest BCUT2D eigenvalue weighted by Gasteiger charge is 2.22. The monoisotopic (exact) mass is 328 g/mol. The molecule has 126 valence electrons. The maximum Gasteiger partial charge on any atom is 0.252 e. The van der Waals surface area contributed by atoms with Crippen LogP contribution in [-0.4, -0.2) is 38.3 Å². The van der Waals surface area contributed by atoms with E-state index in [0.717, 1.165) is 12.1 Å². The van der Waals surface area contributed by atoms with Crippen LogP contribution in [0.15, 0.2) is 12.1 Å². The van der Waals surface area contributed by atoms with Crippen LogP contribution in [0.2, 0.25) is 0 Å². The summed E-state index contributed by atoms with van der Waals surface area (Å²) >= 11 is 0. The van der Waals surface area contributed by atoms with Gasteiger partial charge in [-0.15, -0.1) is 0 Å². The summed E-state index contributed by atoms with van der Waals surface area (Å²) in [5.74, 6) is -3.52. The second-order valence-electron chi connectivity index (χ2n) is 4.74. The fraction of sp³-hybridized carbons (Fsp3) is 0.400. The van der Waals surface area contributed by atoms with Crippen molar-refractivity contribution in [3.05, 3.63) is 34.9 Å². The van der Waals surface area contributed by atoms with Gasteiger partial charge in [0.25, 0.3) is 5.91 Å². The fourth-order valence-electron chi connectivity index (χ4n) is 1.99. The quantitative estimate of drug-likeness (QED) is 0.696. The lowest BCUT2D eigenvalue weighted by Gasteiger charge is -2.17. The Kier molecular flexibility index (Phi) is 7.27. The predicted octanol–water partition coefficient (Wildman–Crippen LogP) is 0.935. The molecule has 0 aliphatic rings. The molecule has 1 atom stereocenters. The molecule has 8 heteroatoms. The summed E-state index contributed by atoms with van der Waals surface area (Å²) in [5, 5.41) is 4.77. The molecule has 1 aromatic carbocycles. The van der Waals surface area contributed by atoms with Crippen molar-refractivity contribution < 1.29 is 27.9 Å². The number of carbonyl (C=O) groups excluding carboxylic acids is 3. The van der Waals surface area contributed by atoms with Crippen LogP contribution in [-0.2, 0) is 20.9 Å². The van der Waals surface area contributed by atoms with Crippen LogP contribution in [0.1, 0.15) is 28.8 Å². The third-order valence-electron chi connectivity index (χ3n) is 3.13. The van der Waals surface area contributed by atoms with Crippen molar-refractivity contribution in [2.45, 2.75) is 25.5 Å². The van der Waals surface area contributed by atoms with Crippen molar-refractivity contribution in [3.8, 4) is 0 Å². The third kappa shape index (κ3) is 5.10. The zero-order valence-corrected chi connectivity index (χ0v) is 12.8. The zero-order chi connectivity index (χ0) is 17.4. The average Bonchev–Trinajstić information content (AvgIpc) is 2.53. The van der Waals surface area contributed by atoms with Crippen LogP contribution in [0.5, 0.6) is 0 Å². The maximum absolute atomic E-state index is 13.4. The number of halogens is 2. The molecule has 1 unspecified atom stereocenters. The number of aldehydes is 1. The Morgan fingerprint density at radius 2 is 1.96 bits per heavy atom. The summed E-state index contributed by atoms with van der Waals surface area (Å²) in [7, 11) is 2.73. The van der Waals surface area contributed by atoms with Crippen molar-refractivity contribution in [1.29, 1.82) is 0 Å². The van der Waals surface area contributed by atoms with E-state index in [9.17, 15) is 23.2 Å². The van der Waals surface area contributed by atoms with Crippen LogP contribution in [0, 0.1) is 11.6 Å². The van der Waals surface area contributed by atoms with E-state index in [1.165, 1.54) is 14.2 Å². The van der Waals surface area contributed by atoms with E-state index >= 15 is 0 Å². The van der Waals surface area contributed by atoms with Gasteiger partial charge in [-0.25, -0.2) is 8.78 Å². The molecule has 0 heterocycles. The highest BCUT2D eigenvalue weighted by Crippen LogP contribution is 2.16. The maximum atomic E-state index is 13.4. The van der Waals surface area contributed by atoms with Gasteiger partial charge in [-0.2, -0.15) is 0 Å². The van der Waals surface area contributed by atoms with Gasteiger partial charge in [-0.1, -0.05) is 0 Å². The minimum absolute atomic E-state index is 0.0705. The summed E-state index contributed by atoms with van der Waals surface area (Å²) in [4.78, 5) is 34.4. The molecule has 2 N–H and O–H groups in total. The molecule has 0 spiro atoms. The number of ether oxygens (including phenoxy) is 1. The predicted molar refractivity (Wildman–Crippen MR) is 77.7 cm³/mol. The van der Waals surface area contributed by atoms with E-state index in [2.05, 4.69) is 10.6 Å². The zero-order valence-electron chi connectivity index (χ0n) is 12.8. The minimum Gasteiger partial charge on any atom is -0.380 e. The smallest absolute Gasteiger partial charge is 0.252 e. The van der Waals surface area contributed by atoms with E-state index in [1.807, 2.05) is 0 Å². The van der Waals surface area contributed by atoms with Crippen LogP contribution in [0.4, 0.5) is 8.78 Å². The van der Waals surface area contributed by atoms with E-state index < -0.39 is 29.5 Å². The van der Waals surface area contributed by atoms with Gasteiger partial charge in [0.05, 0.1) is 6.61 Å². The van der Waals surface area contributed by atoms with Gasteiger partial charge in [0, 0.05) is 26.1 Å². The molecule has 1 rings (SSSR count). The molecule has 0 aliphatic carbocycles. The average molecular weight is 328 g/mol. The van der Waals surface area contributed by atoms with Crippen molar-refractivity contribution in [2.24, 2.45) is 0 Å². The topological polar surface area (TPSA) is 84.5 Å². The minimum atomic E-state index is -1.18. The Balaban J connectivity index is 3.04. The highest BCUT2D eigenvalue weighted by molar-refractivity contribution is 5.98. The molecular formula is C15H18F2N2O4. The summed E-state index contributed by atoms with van der Waals surface area (Å²) in [6, 6.07) is 0.662. The normalized spacial score (nSPS) is 11.7. The molecule has 0 bridgehead atoms. The molecule has 0 aliphatic heterocycles. The first kappa shape index (κ1) is 18.7. The molecule has 6 nitrogen and oxygen atoms in total. The molecule has 2 amide bonds. The summed E-state index contributed by atoms with van der Waals surface area (Å²) in [5.41, 5.74) is 0.0145. The number of methoxy groups -OCH3 is 1. The van der Waals surface area contributed by atoms with Crippen molar-refractivity contribution in [1.82, 2.24) is 10.6 Å². The van der Waals surface area contributed by atoms with Crippen LogP contribution in [0.3, 0.4) is 0 Å². The van der Waals surface area contributed by atoms with Crippen LogP contribution < -0.4 is 10.6 Å². The third-order valence-corrected chi connectivity index (χ3v) is 3.13. The first-order valence-corrected chi connectivity index (χ1v) is 6.87. The summed E-state index contributed by atoms with van der Waals surface area (Å²) in [6.07, 6.45) is 0.787. The van der Waals surface area contributed by atoms with Crippen LogP contribution >= 0.6 is 0 Å². The molecule has 0 saturated carbocycles. The Bertz CT molecular complexity index is 593.